The largest absolute Gasteiger partial charge is 0.488 e. The van der Waals surface area contributed by atoms with Crippen LogP contribution in [-0.2, 0) is 26.6 Å². The van der Waals surface area contributed by atoms with Crippen LogP contribution >= 0.6 is 0 Å². The molecule has 1 amide bonds. The second-order valence-corrected chi connectivity index (χ2v) is 8.04. The highest BCUT2D eigenvalue weighted by Gasteiger charge is 2.18. The molecule has 2 aromatic rings. The van der Waals surface area contributed by atoms with Gasteiger partial charge in [0.2, 0.25) is 0 Å². The number of rotatable bonds is 11. The Morgan fingerprint density at radius 1 is 1.03 bits per heavy atom. The SMILES string of the molecule is CC(OCN(CCN(C)C)C(=O)OCc1ccc(OS(=O)(=O)F)cc1)c1ccccc1. The van der Waals surface area contributed by atoms with Gasteiger partial charge in [0.1, 0.15) is 19.1 Å². The van der Waals surface area contributed by atoms with E-state index in [0.717, 1.165) is 5.56 Å². The zero-order valence-corrected chi connectivity index (χ0v) is 18.5. The number of ether oxygens (including phenoxy) is 2. The summed E-state index contributed by atoms with van der Waals surface area (Å²) in [6, 6.07) is 15.2. The molecule has 31 heavy (non-hydrogen) atoms. The lowest BCUT2D eigenvalue weighted by atomic mass is 10.1. The second-order valence-electron chi connectivity index (χ2n) is 7.09. The van der Waals surface area contributed by atoms with E-state index in [1.807, 2.05) is 56.3 Å². The van der Waals surface area contributed by atoms with Crippen molar-refractivity contribution in [2.45, 2.75) is 19.6 Å². The Hall–Kier alpha value is -2.69. The second kappa shape index (κ2) is 11.6. The monoisotopic (exact) mass is 454 g/mol. The summed E-state index contributed by atoms with van der Waals surface area (Å²) in [7, 11) is -1.28. The molecule has 0 aliphatic rings. The van der Waals surface area contributed by atoms with Gasteiger partial charge in [0.15, 0.2) is 0 Å². The van der Waals surface area contributed by atoms with Crippen LogP contribution in [0, 0.1) is 0 Å². The Morgan fingerprint density at radius 3 is 2.26 bits per heavy atom. The lowest BCUT2D eigenvalue weighted by molar-refractivity contribution is -0.0186. The summed E-state index contributed by atoms with van der Waals surface area (Å²) in [6.45, 7) is 2.96. The summed E-state index contributed by atoms with van der Waals surface area (Å²) in [6.07, 6.45) is -0.746. The van der Waals surface area contributed by atoms with E-state index in [2.05, 4.69) is 4.18 Å². The highest BCUT2D eigenvalue weighted by molar-refractivity contribution is 7.81. The van der Waals surface area contributed by atoms with Crippen LogP contribution < -0.4 is 4.18 Å². The molecule has 0 saturated heterocycles. The molecule has 8 nitrogen and oxygen atoms in total. The fourth-order valence-corrected chi connectivity index (χ4v) is 2.88. The van der Waals surface area contributed by atoms with E-state index in [1.165, 1.54) is 29.2 Å². The molecule has 0 N–H and O–H groups in total. The van der Waals surface area contributed by atoms with E-state index in [1.54, 1.807) is 0 Å². The van der Waals surface area contributed by atoms with Gasteiger partial charge < -0.3 is 18.6 Å². The van der Waals surface area contributed by atoms with Gasteiger partial charge in [-0.15, -0.1) is 0 Å². The van der Waals surface area contributed by atoms with Crippen LogP contribution in [0.15, 0.2) is 54.6 Å². The molecule has 0 aliphatic carbocycles. The maximum Gasteiger partial charge on any atom is 0.488 e. The van der Waals surface area contributed by atoms with Crippen molar-refractivity contribution in [3.05, 3.63) is 65.7 Å². The normalized spacial score (nSPS) is 12.4. The smallest absolute Gasteiger partial charge is 0.444 e. The summed E-state index contributed by atoms with van der Waals surface area (Å²) >= 11 is 0. The van der Waals surface area contributed by atoms with Crippen molar-refractivity contribution in [2.24, 2.45) is 0 Å². The van der Waals surface area contributed by atoms with Crippen molar-refractivity contribution in [3.8, 4) is 5.75 Å². The third-order valence-electron chi connectivity index (χ3n) is 4.31. The molecule has 2 aromatic carbocycles. The fraction of sp³-hybridized carbons (Fsp3) is 0.381. The van der Waals surface area contributed by atoms with Crippen LogP contribution in [0.1, 0.15) is 24.2 Å². The third-order valence-corrected chi connectivity index (χ3v) is 4.70. The summed E-state index contributed by atoms with van der Waals surface area (Å²) in [5.74, 6) is -0.173. The van der Waals surface area contributed by atoms with Gasteiger partial charge in [-0.2, -0.15) is 8.42 Å². The zero-order valence-electron chi connectivity index (χ0n) is 17.7. The summed E-state index contributed by atoms with van der Waals surface area (Å²) in [4.78, 5) is 16.0. The minimum atomic E-state index is -5.08. The lowest BCUT2D eigenvalue weighted by Crippen LogP contribution is -2.38. The molecule has 0 spiro atoms. The first kappa shape index (κ1) is 24.6. The number of carbonyl (C=O) groups excluding carboxylic acids is 1. The summed E-state index contributed by atoms with van der Waals surface area (Å²) in [5, 5.41) is 0. The van der Waals surface area contributed by atoms with Gasteiger partial charge in [0.25, 0.3) is 0 Å². The highest BCUT2D eigenvalue weighted by atomic mass is 32.3. The number of halogens is 1. The van der Waals surface area contributed by atoms with E-state index in [4.69, 9.17) is 9.47 Å². The Balaban J connectivity index is 1.92. The first-order valence-electron chi connectivity index (χ1n) is 9.60. The molecule has 170 valence electrons. The maximum absolute atomic E-state index is 12.6. The number of carbonyl (C=O) groups is 1. The quantitative estimate of drug-likeness (QED) is 0.379. The van der Waals surface area contributed by atoms with Crippen LogP contribution in [-0.4, -0.2) is 58.2 Å². The minimum absolute atomic E-state index is 0.0474. The number of likely N-dealkylation sites (N-methyl/N-ethyl adjacent to an activating group) is 1. The molecule has 0 fully saturated rings. The first-order chi connectivity index (χ1) is 14.6. The average molecular weight is 455 g/mol. The number of benzene rings is 2. The number of hydrogen-bond donors (Lipinski definition) is 0. The molecule has 2 rings (SSSR count). The van der Waals surface area contributed by atoms with Crippen LogP contribution in [0.2, 0.25) is 0 Å². The molecule has 0 bridgehead atoms. The van der Waals surface area contributed by atoms with E-state index in [-0.39, 0.29) is 25.2 Å². The molecule has 1 unspecified atom stereocenters. The Labute approximate surface area is 182 Å². The summed E-state index contributed by atoms with van der Waals surface area (Å²) < 4.78 is 48.9. The molecular weight excluding hydrogens is 427 g/mol. The van der Waals surface area contributed by atoms with E-state index in [9.17, 15) is 17.1 Å². The first-order valence-corrected chi connectivity index (χ1v) is 10.9. The molecule has 0 heterocycles. The van der Waals surface area contributed by atoms with Crippen molar-refractivity contribution in [1.29, 1.82) is 0 Å². The van der Waals surface area contributed by atoms with Crippen LogP contribution in [0.3, 0.4) is 0 Å². The third kappa shape index (κ3) is 9.33. The predicted molar refractivity (Wildman–Crippen MR) is 113 cm³/mol. The van der Waals surface area contributed by atoms with E-state index < -0.39 is 16.6 Å². The van der Waals surface area contributed by atoms with Gasteiger partial charge in [-0.1, -0.05) is 46.4 Å². The Morgan fingerprint density at radius 2 is 1.68 bits per heavy atom. The zero-order chi connectivity index (χ0) is 22.9. The highest BCUT2D eigenvalue weighted by Crippen LogP contribution is 2.18. The van der Waals surface area contributed by atoms with Gasteiger partial charge in [-0.25, -0.2) is 4.79 Å². The maximum atomic E-state index is 12.6. The fourth-order valence-electron chi connectivity index (χ4n) is 2.54. The van der Waals surface area contributed by atoms with Crippen molar-refractivity contribution in [2.75, 3.05) is 33.9 Å². The van der Waals surface area contributed by atoms with Crippen LogP contribution in [0.4, 0.5) is 8.68 Å². The average Bonchev–Trinajstić information content (AvgIpc) is 2.72. The molecule has 10 heteroatoms. The van der Waals surface area contributed by atoms with Crippen LogP contribution in [0.25, 0.3) is 0 Å². The Bertz CT molecular complexity index is 923. The van der Waals surface area contributed by atoms with Gasteiger partial charge in [0, 0.05) is 13.1 Å². The number of hydrogen-bond acceptors (Lipinski definition) is 7. The number of nitrogens with zero attached hydrogens (tertiary/aromatic N) is 2. The minimum Gasteiger partial charge on any atom is -0.444 e. The standard InChI is InChI=1S/C21H27FN2O6S/c1-17(19-7-5-4-6-8-19)29-16-24(14-13-23(2)3)21(25)28-15-18-9-11-20(12-10-18)30-31(22,26)27/h4-12,17H,13-16H2,1-3H3. The van der Waals surface area contributed by atoms with Crippen molar-refractivity contribution in [1.82, 2.24) is 9.80 Å². The Kier molecular flexibility index (Phi) is 9.22. The lowest BCUT2D eigenvalue weighted by Gasteiger charge is -2.25. The van der Waals surface area contributed by atoms with Gasteiger partial charge >= 0.3 is 16.6 Å². The molecular formula is C21H27FN2O6S. The molecule has 1 atom stereocenters. The topological polar surface area (TPSA) is 85.4 Å². The van der Waals surface area contributed by atoms with Crippen molar-refractivity contribution < 1.29 is 30.8 Å². The van der Waals surface area contributed by atoms with Gasteiger partial charge in [-0.05, 0) is 44.3 Å². The van der Waals surface area contributed by atoms with Gasteiger partial charge in [-0.3, -0.25) is 4.90 Å². The van der Waals surface area contributed by atoms with Crippen molar-refractivity contribution >= 4 is 16.6 Å². The molecule has 0 saturated carbocycles. The predicted octanol–water partition coefficient (Wildman–Crippen LogP) is 3.52. The van der Waals surface area contributed by atoms with E-state index in [0.29, 0.717) is 18.7 Å². The molecule has 0 radical (unpaired) electrons. The number of amides is 1. The van der Waals surface area contributed by atoms with E-state index >= 15 is 0 Å². The van der Waals surface area contributed by atoms with Crippen molar-refractivity contribution in [3.63, 3.8) is 0 Å². The van der Waals surface area contributed by atoms with Crippen LogP contribution in [0.5, 0.6) is 5.75 Å². The molecule has 0 aliphatic heterocycles. The summed E-state index contributed by atoms with van der Waals surface area (Å²) in [5.41, 5.74) is 1.59. The van der Waals surface area contributed by atoms with Gasteiger partial charge in [0.05, 0.1) is 6.10 Å². The molecule has 0 aromatic heterocycles.